The molecule has 0 unspecified atom stereocenters. The number of amides is 1. The van der Waals surface area contributed by atoms with Crippen molar-refractivity contribution in [1.82, 2.24) is 14.4 Å². The largest absolute Gasteiger partial charge is 0.480 e. The fourth-order valence-corrected chi connectivity index (χ4v) is 4.70. The minimum absolute atomic E-state index is 0.0522. The number of hydrogen-bond donors (Lipinski definition) is 2. The molecule has 0 aliphatic heterocycles. The quantitative estimate of drug-likeness (QED) is 0.344. The molecule has 3 heterocycles. The summed E-state index contributed by atoms with van der Waals surface area (Å²) < 4.78 is 67.6. The maximum Gasteiger partial charge on any atom is 0.413 e. The summed E-state index contributed by atoms with van der Waals surface area (Å²) in [6, 6.07) is 7.08. The zero-order valence-corrected chi connectivity index (χ0v) is 22.0. The smallest absolute Gasteiger partial charge is 0.413 e. The fourth-order valence-electron chi connectivity index (χ4n) is 3.59. The fraction of sp³-hybridized carbons (Fsp3) is 0.240. The van der Waals surface area contributed by atoms with E-state index in [2.05, 4.69) is 20.0 Å². The van der Waals surface area contributed by atoms with Crippen LogP contribution in [0, 0.1) is 18.6 Å². The molecule has 0 bridgehead atoms. The summed E-state index contributed by atoms with van der Waals surface area (Å²) in [7, 11) is -3.13. The van der Waals surface area contributed by atoms with E-state index in [9.17, 15) is 22.0 Å². The van der Waals surface area contributed by atoms with Crippen LogP contribution in [0.15, 0.2) is 53.7 Å². The lowest BCUT2D eigenvalue weighted by Crippen LogP contribution is -2.27. The molecule has 0 radical (unpaired) electrons. The number of nitrogens with zero attached hydrogens (tertiary/aromatic N) is 3. The maximum absolute atomic E-state index is 14.2. The Hall–Kier alpha value is -4.26. The highest BCUT2D eigenvalue weighted by Crippen LogP contribution is 2.31. The Kier molecular flexibility index (Phi) is 6.98. The summed E-state index contributed by atoms with van der Waals surface area (Å²) in [6.07, 6.45) is 2.57. The number of pyridine rings is 2. The number of aromatic nitrogens is 3. The van der Waals surface area contributed by atoms with Crippen molar-refractivity contribution in [2.75, 3.05) is 17.1 Å². The predicted molar refractivity (Wildman–Crippen MR) is 137 cm³/mol. The summed E-state index contributed by atoms with van der Waals surface area (Å²) in [5.74, 6) is -1.88. The first-order valence-electron chi connectivity index (χ1n) is 11.3. The monoisotopic (exact) mass is 545 g/mol. The number of benzene rings is 1. The van der Waals surface area contributed by atoms with Gasteiger partial charge in [0.15, 0.2) is 5.82 Å². The van der Waals surface area contributed by atoms with Crippen molar-refractivity contribution < 1.29 is 31.5 Å². The van der Waals surface area contributed by atoms with Gasteiger partial charge in [-0.15, -0.1) is 0 Å². The van der Waals surface area contributed by atoms with Crippen molar-refractivity contribution in [3.05, 3.63) is 66.1 Å². The zero-order valence-electron chi connectivity index (χ0n) is 21.2. The van der Waals surface area contributed by atoms with E-state index in [1.165, 1.54) is 19.4 Å². The molecule has 2 N–H and O–H groups in total. The number of halogens is 2. The van der Waals surface area contributed by atoms with Gasteiger partial charge in [0.2, 0.25) is 5.88 Å². The number of rotatable bonds is 6. The Morgan fingerprint density at radius 1 is 1.08 bits per heavy atom. The van der Waals surface area contributed by atoms with Crippen molar-refractivity contribution in [2.45, 2.75) is 38.2 Å². The first-order valence-corrected chi connectivity index (χ1v) is 12.8. The standard InChI is InChI=1S/C25H25F2N5O5S/c1-14-22(30-24(33)37-25(2,3)4)29-21-9-6-15(13-32(14)21)16-10-19(23(36-5)28-12-16)31-38(34,35)20-8-7-17(26)11-18(20)27/h6-13,31H,1-5H3,(H,30,33). The van der Waals surface area contributed by atoms with Crippen LogP contribution in [0.25, 0.3) is 16.8 Å². The van der Waals surface area contributed by atoms with Gasteiger partial charge in [-0.25, -0.2) is 32.0 Å². The molecule has 0 atom stereocenters. The SMILES string of the molecule is COc1ncc(-c2ccc3nc(NC(=O)OC(C)(C)C)c(C)n3c2)cc1NS(=O)(=O)c1ccc(F)cc1F. The lowest BCUT2D eigenvalue weighted by molar-refractivity contribution is 0.0635. The molecule has 3 aromatic heterocycles. The van der Waals surface area contributed by atoms with E-state index < -0.39 is 38.2 Å². The van der Waals surface area contributed by atoms with Crippen LogP contribution in [0.4, 0.5) is 25.1 Å². The molecule has 4 aromatic rings. The molecule has 13 heteroatoms. The number of carbonyl (C=O) groups is 1. The molecular formula is C25H25F2N5O5S. The Labute approximate surface area is 217 Å². The second kappa shape index (κ2) is 9.89. The summed E-state index contributed by atoms with van der Waals surface area (Å²) >= 11 is 0. The Balaban J connectivity index is 1.68. The van der Waals surface area contributed by atoms with E-state index in [-0.39, 0.29) is 11.6 Å². The molecular weight excluding hydrogens is 520 g/mol. The minimum atomic E-state index is -4.43. The number of hydrogen-bond acceptors (Lipinski definition) is 7. The molecule has 0 fully saturated rings. The average molecular weight is 546 g/mol. The van der Waals surface area contributed by atoms with E-state index in [4.69, 9.17) is 9.47 Å². The van der Waals surface area contributed by atoms with Crippen LogP contribution in [0.5, 0.6) is 5.88 Å². The summed E-state index contributed by atoms with van der Waals surface area (Å²) in [5.41, 5.74) is 1.58. The minimum Gasteiger partial charge on any atom is -0.480 e. The van der Waals surface area contributed by atoms with Crippen LogP contribution in [0.3, 0.4) is 0 Å². The second-order valence-corrected chi connectivity index (χ2v) is 10.9. The molecule has 1 amide bonds. The molecule has 0 saturated heterocycles. The van der Waals surface area contributed by atoms with Gasteiger partial charge in [0.05, 0.1) is 12.8 Å². The van der Waals surface area contributed by atoms with Crippen LogP contribution in [0.1, 0.15) is 26.5 Å². The van der Waals surface area contributed by atoms with Gasteiger partial charge in [0.25, 0.3) is 10.0 Å². The van der Waals surface area contributed by atoms with Gasteiger partial charge < -0.3 is 13.9 Å². The van der Waals surface area contributed by atoms with E-state index in [1.54, 1.807) is 50.4 Å². The highest BCUT2D eigenvalue weighted by Gasteiger charge is 2.23. The van der Waals surface area contributed by atoms with E-state index in [0.717, 1.165) is 12.1 Å². The molecule has 200 valence electrons. The van der Waals surface area contributed by atoms with Gasteiger partial charge >= 0.3 is 6.09 Å². The highest BCUT2D eigenvalue weighted by molar-refractivity contribution is 7.92. The van der Waals surface area contributed by atoms with Crippen LogP contribution in [0.2, 0.25) is 0 Å². The third kappa shape index (κ3) is 5.67. The third-order valence-corrected chi connectivity index (χ3v) is 6.68. The lowest BCUT2D eigenvalue weighted by atomic mass is 10.1. The molecule has 0 spiro atoms. The van der Waals surface area contributed by atoms with Gasteiger partial charge in [-0.3, -0.25) is 10.0 Å². The van der Waals surface area contributed by atoms with Gasteiger partial charge in [0, 0.05) is 29.6 Å². The Bertz CT molecular complexity index is 1650. The molecule has 0 saturated carbocycles. The van der Waals surface area contributed by atoms with E-state index >= 15 is 0 Å². The number of methoxy groups -OCH3 is 1. The van der Waals surface area contributed by atoms with Gasteiger partial charge in [-0.1, -0.05) is 0 Å². The summed E-state index contributed by atoms with van der Waals surface area (Å²) in [5, 5.41) is 2.64. The summed E-state index contributed by atoms with van der Waals surface area (Å²) in [6.45, 7) is 7.02. The number of imidazole rings is 1. The topological polar surface area (TPSA) is 124 Å². The Morgan fingerprint density at radius 2 is 1.82 bits per heavy atom. The van der Waals surface area contributed by atoms with Crippen molar-refractivity contribution >= 4 is 33.3 Å². The number of fused-ring (bicyclic) bond motifs is 1. The molecule has 0 aliphatic rings. The average Bonchev–Trinajstić information content (AvgIpc) is 3.11. The second-order valence-electron chi connectivity index (χ2n) is 9.28. The molecule has 1 aromatic carbocycles. The van der Waals surface area contributed by atoms with Crippen molar-refractivity contribution in [1.29, 1.82) is 0 Å². The highest BCUT2D eigenvalue weighted by atomic mass is 32.2. The maximum atomic E-state index is 14.2. The number of nitrogens with one attached hydrogen (secondary N) is 2. The first kappa shape index (κ1) is 26.8. The third-order valence-electron chi connectivity index (χ3n) is 5.28. The van der Waals surface area contributed by atoms with Gasteiger partial charge in [-0.2, -0.15) is 0 Å². The Morgan fingerprint density at radius 3 is 2.47 bits per heavy atom. The number of ether oxygens (including phenoxy) is 2. The molecule has 0 aliphatic carbocycles. The normalized spacial score (nSPS) is 11.9. The van der Waals surface area contributed by atoms with Crippen molar-refractivity contribution in [3.8, 4) is 17.0 Å². The number of carbonyl (C=O) groups excluding carboxylic acids is 1. The number of aryl methyl sites for hydroxylation is 1. The first-order chi connectivity index (χ1) is 17.8. The molecule has 4 rings (SSSR count). The number of anilines is 2. The van der Waals surface area contributed by atoms with Crippen LogP contribution >= 0.6 is 0 Å². The number of sulfonamides is 1. The predicted octanol–water partition coefficient (Wildman–Crippen LogP) is 5.14. The van der Waals surface area contributed by atoms with Gasteiger partial charge in [-0.05, 0) is 58.0 Å². The van der Waals surface area contributed by atoms with E-state index in [0.29, 0.717) is 34.4 Å². The molecule has 38 heavy (non-hydrogen) atoms. The van der Waals surface area contributed by atoms with Crippen LogP contribution in [-0.4, -0.2) is 41.6 Å². The van der Waals surface area contributed by atoms with E-state index in [1.807, 2.05) is 0 Å². The molecule has 10 nitrogen and oxygen atoms in total. The zero-order chi connectivity index (χ0) is 27.8. The van der Waals surface area contributed by atoms with Crippen LogP contribution in [-0.2, 0) is 14.8 Å². The van der Waals surface area contributed by atoms with Crippen LogP contribution < -0.4 is 14.8 Å². The van der Waals surface area contributed by atoms with Crippen molar-refractivity contribution in [3.63, 3.8) is 0 Å². The lowest BCUT2D eigenvalue weighted by Gasteiger charge is -2.19. The summed E-state index contributed by atoms with van der Waals surface area (Å²) in [4.78, 5) is 20.1. The van der Waals surface area contributed by atoms with Crippen molar-refractivity contribution in [2.24, 2.45) is 0 Å². The van der Waals surface area contributed by atoms with Gasteiger partial charge in [0.1, 0.15) is 33.5 Å².